The maximum absolute atomic E-state index is 12.2. The minimum Gasteiger partial charge on any atom is -0.481 e. The Morgan fingerprint density at radius 1 is 1.32 bits per heavy atom. The van der Waals surface area contributed by atoms with Gasteiger partial charge in [0.15, 0.2) is 6.10 Å². The summed E-state index contributed by atoms with van der Waals surface area (Å²) in [5.74, 6) is -0.779. The third-order valence-electron chi connectivity index (χ3n) is 3.07. The molecule has 0 radical (unpaired) electrons. The van der Waals surface area contributed by atoms with Crippen molar-refractivity contribution in [2.24, 2.45) is 11.8 Å². The van der Waals surface area contributed by atoms with Gasteiger partial charge in [0.1, 0.15) is 5.75 Å². The van der Waals surface area contributed by atoms with Crippen molar-refractivity contribution < 1.29 is 19.4 Å². The van der Waals surface area contributed by atoms with Gasteiger partial charge in [0, 0.05) is 18.0 Å². The summed E-state index contributed by atoms with van der Waals surface area (Å²) in [4.78, 5) is 22.9. The van der Waals surface area contributed by atoms with Crippen LogP contribution in [-0.4, -0.2) is 29.6 Å². The van der Waals surface area contributed by atoms with Gasteiger partial charge >= 0.3 is 5.97 Å². The maximum Gasteiger partial charge on any atom is 0.303 e. The van der Waals surface area contributed by atoms with E-state index >= 15 is 0 Å². The van der Waals surface area contributed by atoms with Crippen molar-refractivity contribution in [1.82, 2.24) is 5.32 Å². The van der Waals surface area contributed by atoms with E-state index in [1.165, 1.54) is 0 Å². The number of benzene rings is 1. The zero-order valence-electron chi connectivity index (χ0n) is 13.0. The molecular formula is C16H22ClNO4. The van der Waals surface area contributed by atoms with Crippen LogP contribution in [0.2, 0.25) is 5.02 Å². The number of rotatable bonds is 8. The molecule has 1 aromatic carbocycles. The van der Waals surface area contributed by atoms with Crippen molar-refractivity contribution in [3.8, 4) is 5.75 Å². The molecule has 5 nitrogen and oxygen atoms in total. The van der Waals surface area contributed by atoms with E-state index in [0.717, 1.165) is 0 Å². The van der Waals surface area contributed by atoms with Crippen LogP contribution in [0.3, 0.4) is 0 Å². The molecule has 0 aliphatic heterocycles. The van der Waals surface area contributed by atoms with Crippen molar-refractivity contribution in [3.63, 3.8) is 0 Å². The van der Waals surface area contributed by atoms with Crippen molar-refractivity contribution >= 4 is 23.5 Å². The van der Waals surface area contributed by atoms with E-state index in [4.69, 9.17) is 21.4 Å². The number of hydrogen-bond donors (Lipinski definition) is 2. The molecule has 2 atom stereocenters. The first-order chi connectivity index (χ1) is 10.3. The fourth-order valence-electron chi connectivity index (χ4n) is 1.92. The summed E-state index contributed by atoms with van der Waals surface area (Å²) in [5.41, 5.74) is 0. The highest BCUT2D eigenvalue weighted by Gasteiger charge is 2.24. The minimum absolute atomic E-state index is 0.0157. The van der Waals surface area contributed by atoms with Gasteiger partial charge in [0.05, 0.1) is 0 Å². The number of ether oxygens (including phenoxy) is 1. The van der Waals surface area contributed by atoms with E-state index in [9.17, 15) is 9.59 Å². The summed E-state index contributed by atoms with van der Waals surface area (Å²) in [6.07, 6.45) is -0.641. The summed E-state index contributed by atoms with van der Waals surface area (Å²) in [6.45, 7) is 5.84. The Balaban J connectivity index is 2.62. The minimum atomic E-state index is -0.877. The van der Waals surface area contributed by atoms with E-state index in [1.807, 2.05) is 13.8 Å². The second-order valence-corrected chi connectivity index (χ2v) is 6.12. The normalized spacial score (nSPS) is 13.5. The van der Waals surface area contributed by atoms with E-state index < -0.39 is 12.1 Å². The van der Waals surface area contributed by atoms with Gasteiger partial charge < -0.3 is 15.2 Å². The van der Waals surface area contributed by atoms with Crippen LogP contribution >= 0.6 is 11.6 Å². The number of carboxylic acid groups (broad SMARTS) is 1. The van der Waals surface area contributed by atoms with Crippen LogP contribution < -0.4 is 10.1 Å². The number of carboxylic acids is 1. The smallest absolute Gasteiger partial charge is 0.303 e. The van der Waals surface area contributed by atoms with Crippen LogP contribution in [0.5, 0.6) is 5.75 Å². The summed E-state index contributed by atoms with van der Waals surface area (Å²) >= 11 is 5.90. The van der Waals surface area contributed by atoms with Gasteiger partial charge in [-0.25, -0.2) is 0 Å². The predicted molar refractivity (Wildman–Crippen MR) is 85.1 cm³/mol. The molecule has 6 heteroatoms. The Labute approximate surface area is 135 Å². The van der Waals surface area contributed by atoms with Crippen molar-refractivity contribution in [2.75, 3.05) is 6.54 Å². The fraction of sp³-hybridized carbons (Fsp3) is 0.500. The molecule has 0 spiro atoms. The Morgan fingerprint density at radius 2 is 2.00 bits per heavy atom. The lowest BCUT2D eigenvalue weighted by molar-refractivity contribution is -0.138. The van der Waals surface area contributed by atoms with Crippen LogP contribution in [-0.2, 0) is 9.59 Å². The third-order valence-corrected chi connectivity index (χ3v) is 3.31. The van der Waals surface area contributed by atoms with Gasteiger partial charge in [-0.1, -0.05) is 38.4 Å². The van der Waals surface area contributed by atoms with E-state index in [0.29, 0.717) is 17.3 Å². The number of aliphatic carboxylic acids is 1. The summed E-state index contributed by atoms with van der Waals surface area (Å²) in [7, 11) is 0. The van der Waals surface area contributed by atoms with Crippen LogP contribution in [0, 0.1) is 11.8 Å². The second kappa shape index (κ2) is 8.63. The number of nitrogens with one attached hydrogen (secondary N) is 1. The SMILES string of the molecule is CC(CNC(=O)C(Oc1cccc(Cl)c1)C(C)C)CC(=O)O. The van der Waals surface area contributed by atoms with Gasteiger partial charge in [-0.3, -0.25) is 9.59 Å². The summed E-state index contributed by atoms with van der Waals surface area (Å²) in [5, 5.41) is 12.0. The lowest BCUT2D eigenvalue weighted by Crippen LogP contribution is -2.43. The van der Waals surface area contributed by atoms with E-state index in [1.54, 1.807) is 31.2 Å². The molecule has 1 amide bonds. The highest BCUT2D eigenvalue weighted by molar-refractivity contribution is 6.30. The molecule has 2 unspecified atom stereocenters. The Hall–Kier alpha value is -1.75. The highest BCUT2D eigenvalue weighted by Crippen LogP contribution is 2.20. The molecule has 22 heavy (non-hydrogen) atoms. The number of carbonyl (C=O) groups excluding carboxylic acids is 1. The number of hydrogen-bond acceptors (Lipinski definition) is 3. The van der Waals surface area contributed by atoms with E-state index in [-0.39, 0.29) is 24.2 Å². The van der Waals surface area contributed by atoms with Gasteiger partial charge in [-0.2, -0.15) is 0 Å². The van der Waals surface area contributed by atoms with Gasteiger partial charge in [0.2, 0.25) is 0 Å². The van der Waals surface area contributed by atoms with Crippen LogP contribution in [0.1, 0.15) is 27.2 Å². The van der Waals surface area contributed by atoms with Crippen LogP contribution in [0.4, 0.5) is 0 Å². The lowest BCUT2D eigenvalue weighted by atomic mass is 10.1. The first kappa shape index (κ1) is 18.3. The molecule has 0 bridgehead atoms. The first-order valence-corrected chi connectivity index (χ1v) is 7.59. The van der Waals surface area contributed by atoms with Crippen LogP contribution in [0.25, 0.3) is 0 Å². The largest absolute Gasteiger partial charge is 0.481 e. The third kappa shape index (κ3) is 6.35. The number of amides is 1. The second-order valence-electron chi connectivity index (χ2n) is 5.69. The zero-order valence-corrected chi connectivity index (χ0v) is 13.8. The molecule has 1 rings (SSSR count). The Bertz CT molecular complexity index is 519. The Morgan fingerprint density at radius 3 is 2.55 bits per heavy atom. The zero-order chi connectivity index (χ0) is 16.7. The highest BCUT2D eigenvalue weighted by atomic mass is 35.5. The average molecular weight is 328 g/mol. The molecule has 0 aliphatic rings. The van der Waals surface area contributed by atoms with E-state index in [2.05, 4.69) is 5.32 Å². The van der Waals surface area contributed by atoms with Gasteiger partial charge in [-0.15, -0.1) is 0 Å². The van der Waals surface area contributed by atoms with Crippen molar-refractivity contribution in [3.05, 3.63) is 29.3 Å². The molecule has 0 aliphatic carbocycles. The molecule has 0 saturated heterocycles. The van der Waals surface area contributed by atoms with Crippen LogP contribution in [0.15, 0.2) is 24.3 Å². The molecule has 0 saturated carbocycles. The monoisotopic (exact) mass is 327 g/mol. The predicted octanol–water partition coefficient (Wildman–Crippen LogP) is 2.97. The molecule has 122 valence electrons. The molecule has 2 N–H and O–H groups in total. The van der Waals surface area contributed by atoms with Crippen molar-refractivity contribution in [2.45, 2.75) is 33.3 Å². The maximum atomic E-state index is 12.2. The molecular weight excluding hydrogens is 306 g/mol. The first-order valence-electron chi connectivity index (χ1n) is 7.21. The Kier molecular flexibility index (Phi) is 7.18. The molecule has 0 aromatic heterocycles. The number of halogens is 1. The summed E-state index contributed by atoms with van der Waals surface area (Å²) in [6, 6.07) is 6.87. The number of carbonyl (C=O) groups is 2. The molecule has 0 fully saturated rings. The quantitative estimate of drug-likeness (QED) is 0.769. The molecule has 1 aromatic rings. The van der Waals surface area contributed by atoms with Gasteiger partial charge in [0.25, 0.3) is 5.91 Å². The van der Waals surface area contributed by atoms with Gasteiger partial charge in [-0.05, 0) is 30.0 Å². The summed E-state index contributed by atoms with van der Waals surface area (Å²) < 4.78 is 5.72. The molecule has 0 heterocycles. The standard InChI is InChI=1S/C16H22ClNO4/c1-10(2)15(22-13-6-4-5-12(17)8-13)16(21)18-9-11(3)7-14(19)20/h4-6,8,10-11,15H,7,9H2,1-3H3,(H,18,21)(H,19,20). The average Bonchev–Trinajstić information content (AvgIpc) is 2.41. The fourth-order valence-corrected chi connectivity index (χ4v) is 2.11. The topological polar surface area (TPSA) is 75.6 Å². The lowest BCUT2D eigenvalue weighted by Gasteiger charge is -2.22. The van der Waals surface area contributed by atoms with Crippen molar-refractivity contribution in [1.29, 1.82) is 0 Å².